The Morgan fingerprint density at radius 3 is 2.48 bits per heavy atom. The Bertz CT molecular complexity index is 613. The maximum atomic E-state index is 3.58. The molecule has 0 saturated heterocycles. The van der Waals surface area contributed by atoms with Gasteiger partial charge in [0.2, 0.25) is 0 Å². The van der Waals surface area contributed by atoms with E-state index >= 15 is 0 Å². The predicted molar refractivity (Wildman–Crippen MR) is 97.9 cm³/mol. The van der Waals surface area contributed by atoms with Gasteiger partial charge in [-0.3, -0.25) is 0 Å². The highest BCUT2D eigenvalue weighted by atomic mass is 79.9. The highest BCUT2D eigenvalue weighted by molar-refractivity contribution is 9.10. The quantitative estimate of drug-likeness (QED) is 0.733. The zero-order valence-corrected chi connectivity index (χ0v) is 15.7. The van der Waals surface area contributed by atoms with Crippen LogP contribution in [0.15, 0.2) is 51.4 Å². The van der Waals surface area contributed by atoms with E-state index in [-0.39, 0.29) is 0 Å². The minimum Gasteiger partial charge on any atom is -0.370 e. The molecule has 0 amide bonds. The molecule has 1 N–H and O–H groups in total. The zero-order chi connectivity index (χ0) is 15.4. The summed E-state index contributed by atoms with van der Waals surface area (Å²) in [6.45, 7) is 3.05. The number of nitrogens with one attached hydrogen (secondary N) is 1. The van der Waals surface area contributed by atoms with Crippen molar-refractivity contribution in [3.63, 3.8) is 0 Å². The van der Waals surface area contributed by atoms with Crippen LogP contribution in [0, 0.1) is 0 Å². The van der Waals surface area contributed by atoms with Crippen molar-refractivity contribution in [1.82, 2.24) is 5.32 Å². The van der Waals surface area contributed by atoms with Crippen LogP contribution in [0.1, 0.15) is 24.1 Å². The van der Waals surface area contributed by atoms with E-state index in [4.69, 9.17) is 0 Å². The number of rotatable bonds is 5. The lowest BCUT2D eigenvalue weighted by Gasteiger charge is -2.25. The van der Waals surface area contributed by atoms with E-state index in [1.807, 2.05) is 7.05 Å². The number of hydrogen-bond donors (Lipinski definition) is 1. The third-order valence-corrected chi connectivity index (χ3v) is 4.60. The van der Waals surface area contributed by atoms with Gasteiger partial charge in [0.1, 0.15) is 0 Å². The van der Waals surface area contributed by atoms with Gasteiger partial charge in [0, 0.05) is 34.3 Å². The van der Waals surface area contributed by atoms with E-state index in [2.05, 4.69) is 98.5 Å². The van der Waals surface area contributed by atoms with Crippen LogP contribution in [0.4, 0.5) is 5.69 Å². The minimum absolute atomic E-state index is 0.318. The summed E-state index contributed by atoms with van der Waals surface area (Å²) in [6, 6.07) is 15.2. The summed E-state index contributed by atoms with van der Waals surface area (Å²) in [4.78, 5) is 2.29. The van der Waals surface area contributed by atoms with E-state index in [0.717, 1.165) is 15.5 Å². The van der Waals surface area contributed by atoms with E-state index in [1.165, 1.54) is 16.8 Å². The molecule has 0 fully saturated rings. The van der Waals surface area contributed by atoms with Crippen molar-refractivity contribution in [1.29, 1.82) is 0 Å². The predicted octanol–water partition coefficient (Wildman–Crippen LogP) is 5.13. The standard InChI is InChI=1S/C17H20Br2N2/c1-12(20-2)16-8-7-15(19)10-17(16)21(3)11-13-5-4-6-14(18)9-13/h4-10,12,20H,11H2,1-3H3. The van der Waals surface area contributed by atoms with Crippen molar-refractivity contribution in [3.05, 3.63) is 62.5 Å². The monoisotopic (exact) mass is 410 g/mol. The minimum atomic E-state index is 0.318. The third-order valence-electron chi connectivity index (χ3n) is 3.61. The van der Waals surface area contributed by atoms with E-state index in [9.17, 15) is 0 Å². The molecular formula is C17H20Br2N2. The fourth-order valence-corrected chi connectivity index (χ4v) is 3.16. The summed E-state index contributed by atoms with van der Waals surface area (Å²) in [5.74, 6) is 0. The molecule has 2 nitrogen and oxygen atoms in total. The molecule has 0 aliphatic carbocycles. The molecular weight excluding hydrogens is 392 g/mol. The van der Waals surface area contributed by atoms with Crippen LogP contribution in [-0.4, -0.2) is 14.1 Å². The number of anilines is 1. The Balaban J connectivity index is 2.29. The molecule has 21 heavy (non-hydrogen) atoms. The van der Waals surface area contributed by atoms with Crippen molar-refractivity contribution in [2.75, 3.05) is 19.0 Å². The number of hydrogen-bond acceptors (Lipinski definition) is 2. The summed E-state index contributed by atoms with van der Waals surface area (Å²) >= 11 is 7.11. The smallest absolute Gasteiger partial charge is 0.0426 e. The van der Waals surface area contributed by atoms with Gasteiger partial charge < -0.3 is 10.2 Å². The molecule has 112 valence electrons. The normalized spacial score (nSPS) is 12.2. The Morgan fingerprint density at radius 1 is 1.10 bits per heavy atom. The summed E-state index contributed by atoms with van der Waals surface area (Å²) in [5, 5.41) is 3.32. The second-order valence-electron chi connectivity index (χ2n) is 5.20. The molecule has 0 aromatic heterocycles. The lowest BCUT2D eigenvalue weighted by Crippen LogP contribution is -2.21. The lowest BCUT2D eigenvalue weighted by molar-refractivity contribution is 0.649. The largest absolute Gasteiger partial charge is 0.370 e. The van der Waals surface area contributed by atoms with Gasteiger partial charge >= 0.3 is 0 Å². The van der Waals surface area contributed by atoms with Crippen LogP contribution >= 0.6 is 31.9 Å². The van der Waals surface area contributed by atoms with Gasteiger partial charge in [-0.2, -0.15) is 0 Å². The molecule has 0 spiro atoms. The van der Waals surface area contributed by atoms with Crippen LogP contribution in [0.2, 0.25) is 0 Å². The number of benzene rings is 2. The first-order chi connectivity index (χ1) is 10.0. The fraction of sp³-hybridized carbons (Fsp3) is 0.294. The van der Waals surface area contributed by atoms with Crippen molar-refractivity contribution in [2.24, 2.45) is 0 Å². The first-order valence-corrected chi connectivity index (χ1v) is 8.52. The van der Waals surface area contributed by atoms with E-state index < -0.39 is 0 Å². The molecule has 2 aromatic carbocycles. The van der Waals surface area contributed by atoms with Crippen LogP contribution < -0.4 is 10.2 Å². The Kier molecular flexibility index (Phi) is 5.85. The summed E-state index contributed by atoms with van der Waals surface area (Å²) in [6.07, 6.45) is 0. The Morgan fingerprint density at radius 2 is 1.81 bits per heavy atom. The van der Waals surface area contributed by atoms with E-state index in [0.29, 0.717) is 6.04 Å². The second-order valence-corrected chi connectivity index (χ2v) is 7.03. The van der Waals surface area contributed by atoms with Crippen molar-refractivity contribution in [2.45, 2.75) is 19.5 Å². The summed E-state index contributed by atoms with van der Waals surface area (Å²) in [7, 11) is 4.12. The lowest BCUT2D eigenvalue weighted by atomic mass is 10.0. The summed E-state index contributed by atoms with van der Waals surface area (Å²) in [5.41, 5.74) is 3.83. The van der Waals surface area contributed by atoms with Gasteiger partial charge in [-0.1, -0.05) is 50.1 Å². The second kappa shape index (κ2) is 7.43. The highest BCUT2D eigenvalue weighted by Crippen LogP contribution is 2.30. The van der Waals surface area contributed by atoms with Crippen molar-refractivity contribution in [3.8, 4) is 0 Å². The van der Waals surface area contributed by atoms with Gasteiger partial charge in [-0.25, -0.2) is 0 Å². The van der Waals surface area contributed by atoms with Crippen LogP contribution in [0.3, 0.4) is 0 Å². The topological polar surface area (TPSA) is 15.3 Å². The molecule has 0 heterocycles. The Labute approximate surface area is 143 Å². The maximum Gasteiger partial charge on any atom is 0.0426 e. The maximum absolute atomic E-state index is 3.58. The molecule has 4 heteroatoms. The van der Waals surface area contributed by atoms with Crippen LogP contribution in [-0.2, 0) is 6.54 Å². The van der Waals surface area contributed by atoms with E-state index in [1.54, 1.807) is 0 Å². The number of nitrogens with zero attached hydrogens (tertiary/aromatic N) is 1. The number of halogens is 2. The highest BCUT2D eigenvalue weighted by Gasteiger charge is 2.13. The molecule has 0 bridgehead atoms. The van der Waals surface area contributed by atoms with Gasteiger partial charge in [-0.05, 0) is 49.4 Å². The van der Waals surface area contributed by atoms with Crippen molar-refractivity contribution < 1.29 is 0 Å². The van der Waals surface area contributed by atoms with Gasteiger partial charge in [0.25, 0.3) is 0 Å². The SMILES string of the molecule is CNC(C)c1ccc(Br)cc1N(C)Cc1cccc(Br)c1. The van der Waals surface area contributed by atoms with Crippen LogP contribution in [0.25, 0.3) is 0 Å². The third kappa shape index (κ3) is 4.31. The average molecular weight is 412 g/mol. The molecule has 2 rings (SSSR count). The first-order valence-electron chi connectivity index (χ1n) is 6.93. The van der Waals surface area contributed by atoms with Gasteiger partial charge in [0.05, 0.1) is 0 Å². The molecule has 1 unspecified atom stereocenters. The molecule has 0 radical (unpaired) electrons. The first kappa shape index (κ1) is 16.5. The zero-order valence-electron chi connectivity index (χ0n) is 12.5. The molecule has 0 saturated carbocycles. The van der Waals surface area contributed by atoms with Crippen molar-refractivity contribution >= 4 is 37.5 Å². The Hall–Kier alpha value is -0.840. The summed E-state index contributed by atoms with van der Waals surface area (Å²) < 4.78 is 2.22. The van der Waals surface area contributed by atoms with Gasteiger partial charge in [0.15, 0.2) is 0 Å². The molecule has 1 atom stereocenters. The molecule has 0 aliphatic heterocycles. The average Bonchev–Trinajstić information content (AvgIpc) is 2.46. The molecule has 0 aliphatic rings. The van der Waals surface area contributed by atoms with Gasteiger partial charge in [-0.15, -0.1) is 0 Å². The molecule has 2 aromatic rings. The van der Waals surface area contributed by atoms with Crippen LogP contribution in [0.5, 0.6) is 0 Å². The fourth-order valence-electron chi connectivity index (χ4n) is 2.36.